The van der Waals surface area contributed by atoms with Crippen molar-refractivity contribution in [3.63, 3.8) is 0 Å². The number of piperidine rings is 1. The van der Waals surface area contributed by atoms with Gasteiger partial charge < -0.3 is 4.90 Å². The SMILES string of the molecule is CC[C@@H]1CCCCN1C(=O)[C@@]12CC[C@](C)(C(=O)C1)C2(C)C. The fourth-order valence-electron chi connectivity index (χ4n) is 5.30. The lowest BCUT2D eigenvalue weighted by Gasteiger charge is -2.45. The van der Waals surface area contributed by atoms with E-state index in [0.29, 0.717) is 18.2 Å². The Kier molecular flexibility index (Phi) is 3.27. The van der Waals surface area contributed by atoms with Gasteiger partial charge in [0.2, 0.25) is 5.91 Å². The zero-order valence-corrected chi connectivity index (χ0v) is 14.0. The van der Waals surface area contributed by atoms with Gasteiger partial charge in [-0.05, 0) is 43.9 Å². The van der Waals surface area contributed by atoms with Crippen molar-refractivity contribution in [3.05, 3.63) is 0 Å². The van der Waals surface area contributed by atoms with Crippen LogP contribution in [0.1, 0.15) is 72.6 Å². The van der Waals surface area contributed by atoms with E-state index in [1.54, 1.807) is 0 Å². The molecule has 2 saturated carbocycles. The van der Waals surface area contributed by atoms with Crippen LogP contribution in [-0.4, -0.2) is 29.2 Å². The summed E-state index contributed by atoms with van der Waals surface area (Å²) in [5.74, 6) is 0.603. The summed E-state index contributed by atoms with van der Waals surface area (Å²) in [6.07, 6.45) is 6.77. The van der Waals surface area contributed by atoms with E-state index >= 15 is 0 Å². The van der Waals surface area contributed by atoms with Gasteiger partial charge in [-0.1, -0.05) is 27.7 Å². The van der Waals surface area contributed by atoms with Gasteiger partial charge in [0.1, 0.15) is 5.78 Å². The average molecular weight is 291 g/mol. The zero-order valence-electron chi connectivity index (χ0n) is 14.0. The van der Waals surface area contributed by atoms with Gasteiger partial charge in [-0.2, -0.15) is 0 Å². The van der Waals surface area contributed by atoms with Crippen molar-refractivity contribution in [1.29, 1.82) is 0 Å². The van der Waals surface area contributed by atoms with E-state index in [4.69, 9.17) is 0 Å². The molecule has 1 heterocycles. The maximum absolute atomic E-state index is 13.4. The summed E-state index contributed by atoms with van der Waals surface area (Å²) in [5.41, 5.74) is -0.923. The Morgan fingerprint density at radius 2 is 1.95 bits per heavy atom. The van der Waals surface area contributed by atoms with E-state index in [1.165, 1.54) is 6.42 Å². The standard InChI is InChI=1S/C18H29NO2/c1-5-13-8-6-7-11-19(13)15(21)18-10-9-17(4,14(20)12-18)16(18,2)3/h13H,5-12H2,1-4H3/t13-,17-,18-/m1/s1. The molecule has 0 N–H and O–H groups in total. The monoisotopic (exact) mass is 291 g/mol. The second kappa shape index (κ2) is 4.57. The largest absolute Gasteiger partial charge is 0.339 e. The Labute approximate surface area is 128 Å². The first kappa shape index (κ1) is 15.1. The molecule has 3 heteroatoms. The highest BCUT2D eigenvalue weighted by molar-refractivity contribution is 5.99. The predicted octanol–water partition coefficient (Wildman–Crippen LogP) is 3.56. The van der Waals surface area contributed by atoms with Gasteiger partial charge in [0.25, 0.3) is 0 Å². The van der Waals surface area contributed by atoms with Crippen LogP contribution >= 0.6 is 0 Å². The van der Waals surface area contributed by atoms with Crippen molar-refractivity contribution < 1.29 is 9.59 Å². The van der Waals surface area contributed by atoms with Gasteiger partial charge in [0, 0.05) is 24.4 Å². The smallest absolute Gasteiger partial charge is 0.230 e. The van der Waals surface area contributed by atoms with Crippen LogP contribution in [0.4, 0.5) is 0 Å². The second-order valence-corrected chi connectivity index (χ2v) is 8.20. The summed E-state index contributed by atoms with van der Waals surface area (Å²) in [6.45, 7) is 9.48. The molecule has 3 rings (SSSR count). The first-order valence-electron chi connectivity index (χ1n) is 8.64. The molecule has 3 nitrogen and oxygen atoms in total. The number of fused-ring (bicyclic) bond motifs is 2. The fourth-order valence-corrected chi connectivity index (χ4v) is 5.30. The van der Waals surface area contributed by atoms with Gasteiger partial charge in [0.15, 0.2) is 0 Å². The van der Waals surface area contributed by atoms with Gasteiger partial charge in [0.05, 0.1) is 5.41 Å². The number of rotatable bonds is 2. The van der Waals surface area contributed by atoms with Crippen LogP contribution < -0.4 is 0 Å². The molecule has 3 atom stereocenters. The van der Waals surface area contributed by atoms with Crippen LogP contribution in [0, 0.1) is 16.2 Å². The van der Waals surface area contributed by atoms with Crippen molar-refractivity contribution in [2.24, 2.45) is 16.2 Å². The molecular formula is C18H29NO2. The number of likely N-dealkylation sites (tertiary alicyclic amines) is 1. The quantitative estimate of drug-likeness (QED) is 0.780. The highest BCUT2D eigenvalue weighted by Crippen LogP contribution is 2.71. The number of amides is 1. The van der Waals surface area contributed by atoms with Crippen LogP contribution in [0.5, 0.6) is 0 Å². The lowest BCUT2D eigenvalue weighted by atomic mass is 9.64. The van der Waals surface area contributed by atoms with Gasteiger partial charge >= 0.3 is 0 Å². The molecule has 118 valence electrons. The Balaban J connectivity index is 1.96. The third kappa shape index (κ3) is 1.66. The number of hydrogen-bond acceptors (Lipinski definition) is 2. The summed E-state index contributed by atoms with van der Waals surface area (Å²) in [6, 6.07) is 0.388. The molecule has 1 amide bonds. The Morgan fingerprint density at radius 1 is 1.24 bits per heavy atom. The number of hydrogen-bond donors (Lipinski definition) is 0. The number of carbonyl (C=O) groups is 2. The third-order valence-electron chi connectivity index (χ3n) is 7.47. The van der Waals surface area contributed by atoms with Crippen LogP contribution in [0.2, 0.25) is 0 Å². The molecule has 3 fully saturated rings. The zero-order chi connectivity index (χ0) is 15.5. The minimum atomic E-state index is -0.427. The molecule has 21 heavy (non-hydrogen) atoms. The van der Waals surface area contributed by atoms with E-state index in [-0.39, 0.29) is 16.7 Å². The van der Waals surface area contributed by atoms with Crippen LogP contribution in [-0.2, 0) is 9.59 Å². The first-order valence-corrected chi connectivity index (χ1v) is 8.64. The van der Waals surface area contributed by atoms with Gasteiger partial charge in [-0.25, -0.2) is 0 Å². The maximum Gasteiger partial charge on any atom is 0.230 e. The van der Waals surface area contributed by atoms with Gasteiger partial charge in [-0.3, -0.25) is 9.59 Å². The molecule has 0 aromatic heterocycles. The average Bonchev–Trinajstić information content (AvgIpc) is 2.76. The number of ketones is 1. The molecule has 0 radical (unpaired) electrons. The molecule has 2 bridgehead atoms. The van der Waals surface area contributed by atoms with Crippen molar-refractivity contribution in [2.45, 2.75) is 78.7 Å². The number of nitrogens with zero attached hydrogens (tertiary/aromatic N) is 1. The summed E-state index contributed by atoms with van der Waals surface area (Å²) in [4.78, 5) is 28.1. The molecule has 0 aromatic carbocycles. The summed E-state index contributed by atoms with van der Waals surface area (Å²) >= 11 is 0. The van der Waals surface area contributed by atoms with Crippen LogP contribution in [0.15, 0.2) is 0 Å². The van der Waals surface area contributed by atoms with Gasteiger partial charge in [-0.15, -0.1) is 0 Å². The van der Waals surface area contributed by atoms with E-state index in [0.717, 1.165) is 38.6 Å². The third-order valence-corrected chi connectivity index (χ3v) is 7.47. The molecule has 0 unspecified atom stereocenters. The van der Waals surface area contributed by atoms with E-state index < -0.39 is 5.41 Å². The topological polar surface area (TPSA) is 37.4 Å². The first-order chi connectivity index (χ1) is 9.80. The highest BCUT2D eigenvalue weighted by atomic mass is 16.2. The summed E-state index contributed by atoms with van der Waals surface area (Å²) in [7, 11) is 0. The predicted molar refractivity (Wildman–Crippen MR) is 82.8 cm³/mol. The highest BCUT2D eigenvalue weighted by Gasteiger charge is 2.73. The molecule has 3 aliphatic rings. The van der Waals surface area contributed by atoms with Crippen molar-refractivity contribution in [1.82, 2.24) is 4.90 Å². The van der Waals surface area contributed by atoms with E-state index in [1.807, 2.05) is 0 Å². The Morgan fingerprint density at radius 3 is 2.48 bits per heavy atom. The number of carbonyl (C=O) groups excluding carboxylic acids is 2. The minimum absolute atomic E-state index is 0.204. The maximum atomic E-state index is 13.4. The number of Topliss-reactive ketones (excluding diaryl/α,β-unsaturated/α-hetero) is 1. The molecule has 1 aliphatic heterocycles. The minimum Gasteiger partial charge on any atom is -0.339 e. The fraction of sp³-hybridized carbons (Fsp3) is 0.889. The van der Waals surface area contributed by atoms with Crippen LogP contribution in [0.25, 0.3) is 0 Å². The summed E-state index contributed by atoms with van der Waals surface area (Å²) < 4.78 is 0. The van der Waals surface area contributed by atoms with Crippen molar-refractivity contribution in [3.8, 4) is 0 Å². The molecule has 2 aliphatic carbocycles. The normalized spacial score (nSPS) is 41.6. The lowest BCUT2D eigenvalue weighted by Crippen LogP contribution is -2.53. The Hall–Kier alpha value is -0.860. The Bertz CT molecular complexity index is 484. The van der Waals surface area contributed by atoms with Crippen molar-refractivity contribution >= 4 is 11.7 Å². The van der Waals surface area contributed by atoms with E-state index in [9.17, 15) is 9.59 Å². The molecule has 0 aromatic rings. The molecular weight excluding hydrogens is 262 g/mol. The summed E-state index contributed by atoms with van der Waals surface area (Å²) in [5, 5.41) is 0. The van der Waals surface area contributed by atoms with Crippen LogP contribution in [0.3, 0.4) is 0 Å². The molecule has 0 spiro atoms. The second-order valence-electron chi connectivity index (χ2n) is 8.20. The molecule has 1 saturated heterocycles. The van der Waals surface area contributed by atoms with E-state index in [2.05, 4.69) is 32.6 Å². The van der Waals surface area contributed by atoms with Crippen molar-refractivity contribution in [2.75, 3.05) is 6.54 Å². The lowest BCUT2D eigenvalue weighted by molar-refractivity contribution is -0.151.